The lowest BCUT2D eigenvalue weighted by Crippen LogP contribution is -2.40. The number of nitrogens with zero attached hydrogens (tertiary/aromatic N) is 1. The smallest absolute Gasteiger partial charge is 0.146 e. The molecule has 3 unspecified atom stereocenters. The molecule has 1 heterocycles. The average molecular weight is 282 g/mol. The number of halogens is 1. The number of hydrogen-bond acceptors (Lipinski definition) is 3. The van der Waals surface area contributed by atoms with Gasteiger partial charge in [-0.25, -0.2) is 4.39 Å². The molecule has 0 bridgehead atoms. The number of hydrogen-bond donors (Lipinski definition) is 1. The van der Waals surface area contributed by atoms with Gasteiger partial charge in [-0.05, 0) is 31.7 Å². The molecule has 0 radical (unpaired) electrons. The quantitative estimate of drug-likeness (QED) is 0.914. The number of thioether (sulfide) groups is 1. The molecule has 19 heavy (non-hydrogen) atoms. The SMILES string of the molecule is CNC(C)c1ccc(N2CC(C)SC(C)C2)c(F)c1. The minimum absolute atomic E-state index is 0.106. The molecule has 1 N–H and O–H groups in total. The lowest BCUT2D eigenvalue weighted by molar-refractivity contribution is 0.597. The Bertz CT molecular complexity index is 428. The molecule has 1 aliphatic rings. The number of rotatable bonds is 3. The van der Waals surface area contributed by atoms with Gasteiger partial charge in [0.1, 0.15) is 5.82 Å². The van der Waals surface area contributed by atoms with Crippen molar-refractivity contribution >= 4 is 17.4 Å². The van der Waals surface area contributed by atoms with Crippen LogP contribution in [0.1, 0.15) is 32.4 Å². The van der Waals surface area contributed by atoms with Gasteiger partial charge in [0.2, 0.25) is 0 Å². The van der Waals surface area contributed by atoms with Gasteiger partial charge in [-0.15, -0.1) is 0 Å². The fourth-order valence-electron chi connectivity index (χ4n) is 2.59. The van der Waals surface area contributed by atoms with Crippen molar-refractivity contribution in [2.24, 2.45) is 0 Å². The minimum atomic E-state index is -0.106. The van der Waals surface area contributed by atoms with E-state index in [1.165, 1.54) is 0 Å². The summed E-state index contributed by atoms with van der Waals surface area (Å²) in [5.74, 6) is -0.106. The van der Waals surface area contributed by atoms with Gasteiger partial charge >= 0.3 is 0 Å². The van der Waals surface area contributed by atoms with E-state index in [9.17, 15) is 4.39 Å². The largest absolute Gasteiger partial charge is 0.367 e. The summed E-state index contributed by atoms with van der Waals surface area (Å²) in [6, 6.07) is 5.79. The highest BCUT2D eigenvalue weighted by Crippen LogP contribution is 2.31. The van der Waals surface area contributed by atoms with Crippen LogP contribution in [0.25, 0.3) is 0 Å². The van der Waals surface area contributed by atoms with Crippen molar-refractivity contribution in [1.82, 2.24) is 5.32 Å². The molecule has 1 aromatic carbocycles. The van der Waals surface area contributed by atoms with E-state index >= 15 is 0 Å². The third-order valence-corrected chi connectivity index (χ3v) is 4.89. The van der Waals surface area contributed by atoms with Crippen LogP contribution in [0.3, 0.4) is 0 Å². The van der Waals surface area contributed by atoms with E-state index in [0.717, 1.165) is 24.3 Å². The summed E-state index contributed by atoms with van der Waals surface area (Å²) in [7, 11) is 1.89. The molecule has 0 saturated carbocycles. The molecule has 106 valence electrons. The van der Waals surface area contributed by atoms with Crippen molar-refractivity contribution in [3.63, 3.8) is 0 Å². The summed E-state index contributed by atoms with van der Waals surface area (Å²) in [6.45, 7) is 8.31. The first-order valence-corrected chi connectivity index (χ1v) is 7.82. The zero-order chi connectivity index (χ0) is 14.0. The van der Waals surface area contributed by atoms with E-state index in [1.54, 1.807) is 6.07 Å². The summed E-state index contributed by atoms with van der Waals surface area (Å²) >= 11 is 1.98. The molecule has 2 nitrogen and oxygen atoms in total. The fourth-order valence-corrected chi connectivity index (χ4v) is 3.92. The Morgan fingerprint density at radius 3 is 2.47 bits per heavy atom. The lowest BCUT2D eigenvalue weighted by atomic mass is 10.1. The molecule has 0 spiro atoms. The van der Waals surface area contributed by atoms with Crippen molar-refractivity contribution in [2.45, 2.75) is 37.3 Å². The average Bonchev–Trinajstić information content (AvgIpc) is 2.36. The molecule has 0 aromatic heterocycles. The van der Waals surface area contributed by atoms with E-state index in [4.69, 9.17) is 0 Å². The number of benzene rings is 1. The molecule has 4 heteroatoms. The predicted octanol–water partition coefficient (Wildman–Crippen LogP) is 3.44. The van der Waals surface area contributed by atoms with Crippen LogP contribution in [0.5, 0.6) is 0 Å². The van der Waals surface area contributed by atoms with Crippen LogP contribution < -0.4 is 10.2 Å². The van der Waals surface area contributed by atoms with E-state index in [1.807, 2.05) is 37.9 Å². The van der Waals surface area contributed by atoms with Gasteiger partial charge in [-0.3, -0.25) is 0 Å². The van der Waals surface area contributed by atoms with Crippen LogP contribution in [0.2, 0.25) is 0 Å². The van der Waals surface area contributed by atoms with Gasteiger partial charge in [0.25, 0.3) is 0 Å². The maximum Gasteiger partial charge on any atom is 0.146 e. The number of anilines is 1. The summed E-state index contributed by atoms with van der Waals surface area (Å²) < 4.78 is 14.3. The van der Waals surface area contributed by atoms with Crippen molar-refractivity contribution < 1.29 is 4.39 Å². The molecule has 1 aliphatic heterocycles. The monoisotopic (exact) mass is 282 g/mol. The minimum Gasteiger partial charge on any atom is -0.367 e. The first-order valence-electron chi connectivity index (χ1n) is 6.88. The van der Waals surface area contributed by atoms with E-state index in [2.05, 4.69) is 24.1 Å². The molecule has 0 aliphatic carbocycles. The third kappa shape index (κ3) is 3.42. The second kappa shape index (κ2) is 6.14. The van der Waals surface area contributed by atoms with Crippen molar-refractivity contribution in [1.29, 1.82) is 0 Å². The zero-order valence-electron chi connectivity index (χ0n) is 12.1. The van der Waals surface area contributed by atoms with Crippen LogP contribution >= 0.6 is 11.8 Å². The van der Waals surface area contributed by atoms with Crippen LogP contribution in [-0.2, 0) is 0 Å². The lowest BCUT2D eigenvalue weighted by Gasteiger charge is -2.36. The molecular weight excluding hydrogens is 259 g/mol. The predicted molar refractivity (Wildman–Crippen MR) is 82.6 cm³/mol. The molecular formula is C15H23FN2S. The molecule has 1 saturated heterocycles. The van der Waals surface area contributed by atoms with Gasteiger partial charge in [-0.2, -0.15) is 11.8 Å². The van der Waals surface area contributed by atoms with Crippen molar-refractivity contribution in [3.8, 4) is 0 Å². The molecule has 3 atom stereocenters. The van der Waals surface area contributed by atoms with E-state index in [-0.39, 0.29) is 11.9 Å². The van der Waals surface area contributed by atoms with Gasteiger partial charge in [-0.1, -0.05) is 19.9 Å². The normalized spacial score (nSPS) is 25.4. The first kappa shape index (κ1) is 14.7. The van der Waals surface area contributed by atoms with Gasteiger partial charge in [0, 0.05) is 29.6 Å². The summed E-state index contributed by atoms with van der Waals surface area (Å²) in [6.07, 6.45) is 0. The maximum absolute atomic E-state index is 14.3. The highest BCUT2D eigenvalue weighted by Gasteiger charge is 2.24. The molecule has 2 rings (SSSR count). The van der Waals surface area contributed by atoms with Crippen molar-refractivity contribution in [3.05, 3.63) is 29.6 Å². The Balaban J connectivity index is 2.21. The second-order valence-electron chi connectivity index (χ2n) is 5.38. The summed E-state index contributed by atoms with van der Waals surface area (Å²) in [5, 5.41) is 4.25. The summed E-state index contributed by atoms with van der Waals surface area (Å²) in [4.78, 5) is 2.18. The Morgan fingerprint density at radius 2 is 1.95 bits per heavy atom. The zero-order valence-corrected chi connectivity index (χ0v) is 12.9. The topological polar surface area (TPSA) is 15.3 Å². The van der Waals surface area contributed by atoms with Gasteiger partial charge in [0.05, 0.1) is 5.69 Å². The number of nitrogens with one attached hydrogen (secondary N) is 1. The molecule has 1 fully saturated rings. The Labute approximate surface area is 119 Å². The Morgan fingerprint density at radius 1 is 1.32 bits per heavy atom. The maximum atomic E-state index is 14.3. The molecule has 1 aromatic rings. The second-order valence-corrected chi connectivity index (χ2v) is 7.27. The van der Waals surface area contributed by atoms with Crippen molar-refractivity contribution in [2.75, 3.05) is 25.0 Å². The standard InChI is InChI=1S/C15H23FN2S/c1-10-8-18(9-11(2)19-10)15-6-5-13(7-14(15)16)12(3)17-4/h5-7,10-12,17H,8-9H2,1-4H3. The Hall–Kier alpha value is -0.740. The van der Waals surface area contributed by atoms with Crippen LogP contribution in [0.4, 0.5) is 10.1 Å². The van der Waals surface area contributed by atoms with E-state index in [0.29, 0.717) is 10.5 Å². The summed E-state index contributed by atoms with van der Waals surface area (Å²) in [5.41, 5.74) is 1.74. The Kier molecular flexibility index (Phi) is 4.74. The highest BCUT2D eigenvalue weighted by molar-refractivity contribution is 8.00. The van der Waals surface area contributed by atoms with Gasteiger partial charge < -0.3 is 10.2 Å². The van der Waals surface area contributed by atoms with Crippen LogP contribution in [-0.4, -0.2) is 30.6 Å². The van der Waals surface area contributed by atoms with Gasteiger partial charge in [0.15, 0.2) is 0 Å². The van der Waals surface area contributed by atoms with E-state index < -0.39 is 0 Å². The molecule has 0 amide bonds. The fraction of sp³-hybridized carbons (Fsp3) is 0.600. The third-order valence-electron chi connectivity index (χ3n) is 3.67. The van der Waals surface area contributed by atoms with Crippen LogP contribution in [0.15, 0.2) is 18.2 Å². The van der Waals surface area contributed by atoms with Crippen LogP contribution in [0, 0.1) is 5.82 Å². The highest BCUT2D eigenvalue weighted by atomic mass is 32.2. The first-order chi connectivity index (χ1) is 9.01.